The topological polar surface area (TPSA) is 100 Å². The van der Waals surface area contributed by atoms with Gasteiger partial charge < -0.3 is 20.4 Å². The molecule has 0 unspecified atom stereocenters. The van der Waals surface area contributed by atoms with Gasteiger partial charge in [-0.05, 0) is 58.6 Å². The number of furan rings is 1. The monoisotopic (exact) mass is 475 g/mol. The number of benzene rings is 1. The number of halogens is 1. The number of anilines is 1. The van der Waals surface area contributed by atoms with Crippen molar-refractivity contribution in [2.24, 2.45) is 5.92 Å². The van der Waals surface area contributed by atoms with E-state index in [0.29, 0.717) is 23.4 Å². The summed E-state index contributed by atoms with van der Waals surface area (Å²) >= 11 is 3.16. The molecule has 30 heavy (non-hydrogen) atoms. The van der Waals surface area contributed by atoms with Crippen LogP contribution in [0.5, 0.6) is 0 Å². The first kappa shape index (κ1) is 22.1. The Kier molecular flexibility index (Phi) is 8.07. The van der Waals surface area contributed by atoms with Crippen LogP contribution in [0.2, 0.25) is 0 Å². The number of nitrogens with one attached hydrogen (secondary N) is 3. The Morgan fingerprint density at radius 2 is 1.63 bits per heavy atom. The fourth-order valence-electron chi connectivity index (χ4n) is 3.48. The number of carbonyl (C=O) groups is 3. The summed E-state index contributed by atoms with van der Waals surface area (Å²) in [6.07, 6.45) is 5.63. The summed E-state index contributed by atoms with van der Waals surface area (Å²) in [6, 6.07) is 10.3. The van der Waals surface area contributed by atoms with Crippen molar-refractivity contribution in [1.29, 1.82) is 0 Å². The largest absolute Gasteiger partial charge is 0.444 e. The third kappa shape index (κ3) is 6.73. The molecule has 1 heterocycles. The molecular weight excluding hydrogens is 450 g/mol. The van der Waals surface area contributed by atoms with E-state index in [-0.39, 0.29) is 35.8 Å². The van der Waals surface area contributed by atoms with E-state index in [4.69, 9.17) is 4.42 Å². The second-order valence-corrected chi connectivity index (χ2v) is 8.19. The van der Waals surface area contributed by atoms with E-state index in [9.17, 15) is 14.4 Å². The van der Waals surface area contributed by atoms with Crippen LogP contribution < -0.4 is 16.0 Å². The van der Waals surface area contributed by atoms with Crippen LogP contribution in [0.1, 0.15) is 48.2 Å². The molecule has 1 aliphatic rings. The van der Waals surface area contributed by atoms with Crippen molar-refractivity contribution in [3.05, 3.63) is 52.4 Å². The third-order valence-electron chi connectivity index (χ3n) is 5.10. The third-order valence-corrected chi connectivity index (χ3v) is 5.52. The zero-order chi connectivity index (χ0) is 21.3. The van der Waals surface area contributed by atoms with Gasteiger partial charge in [0.2, 0.25) is 11.8 Å². The molecule has 2 aromatic rings. The number of carbonyl (C=O) groups excluding carboxylic acids is 3. The molecule has 1 saturated carbocycles. The predicted octanol–water partition coefficient (Wildman–Crippen LogP) is 3.65. The van der Waals surface area contributed by atoms with E-state index in [2.05, 4.69) is 31.9 Å². The number of amides is 3. The minimum Gasteiger partial charge on any atom is -0.444 e. The van der Waals surface area contributed by atoms with Gasteiger partial charge in [0.25, 0.3) is 5.91 Å². The molecule has 7 nitrogen and oxygen atoms in total. The van der Waals surface area contributed by atoms with E-state index in [1.165, 1.54) is 6.42 Å². The van der Waals surface area contributed by atoms with Crippen molar-refractivity contribution >= 4 is 39.3 Å². The van der Waals surface area contributed by atoms with Gasteiger partial charge in [-0.1, -0.05) is 31.4 Å². The van der Waals surface area contributed by atoms with Crippen molar-refractivity contribution in [1.82, 2.24) is 10.6 Å². The average Bonchev–Trinajstić information content (AvgIpc) is 3.19. The smallest absolute Gasteiger partial charge is 0.291 e. The number of hydrogen-bond donors (Lipinski definition) is 3. The van der Waals surface area contributed by atoms with Gasteiger partial charge in [-0.2, -0.15) is 0 Å². The van der Waals surface area contributed by atoms with Crippen LogP contribution in [-0.4, -0.2) is 30.8 Å². The summed E-state index contributed by atoms with van der Waals surface area (Å²) in [5.74, 6) is -0.0206. The van der Waals surface area contributed by atoms with Crippen LogP contribution in [-0.2, 0) is 16.0 Å². The molecule has 160 valence electrons. The summed E-state index contributed by atoms with van der Waals surface area (Å²) in [5.41, 5.74) is 1.44. The van der Waals surface area contributed by atoms with Gasteiger partial charge in [-0.3, -0.25) is 14.4 Å². The molecular formula is C22H26BrN3O4. The molecule has 1 fully saturated rings. The van der Waals surface area contributed by atoms with E-state index in [0.717, 1.165) is 31.2 Å². The van der Waals surface area contributed by atoms with E-state index in [1.54, 1.807) is 36.4 Å². The fraction of sp³-hybridized carbons (Fsp3) is 0.409. The van der Waals surface area contributed by atoms with Crippen molar-refractivity contribution in [2.45, 2.75) is 38.5 Å². The first-order valence-electron chi connectivity index (χ1n) is 10.2. The zero-order valence-corrected chi connectivity index (χ0v) is 18.3. The molecule has 0 spiro atoms. The highest BCUT2D eigenvalue weighted by molar-refractivity contribution is 9.10. The Morgan fingerprint density at radius 3 is 2.30 bits per heavy atom. The lowest BCUT2D eigenvalue weighted by atomic mass is 9.89. The molecule has 1 aromatic heterocycles. The quantitative estimate of drug-likeness (QED) is 0.507. The molecule has 8 heteroatoms. The Hall–Kier alpha value is -2.61. The summed E-state index contributed by atoms with van der Waals surface area (Å²) in [7, 11) is 0. The molecule has 0 radical (unpaired) electrons. The first-order valence-corrected chi connectivity index (χ1v) is 11.0. The number of hydrogen-bond acceptors (Lipinski definition) is 4. The summed E-state index contributed by atoms with van der Waals surface area (Å²) in [4.78, 5) is 36.2. The summed E-state index contributed by atoms with van der Waals surface area (Å²) in [5, 5.41) is 8.46. The van der Waals surface area contributed by atoms with Crippen LogP contribution in [0.4, 0.5) is 5.69 Å². The van der Waals surface area contributed by atoms with Crippen molar-refractivity contribution in [2.75, 3.05) is 18.4 Å². The van der Waals surface area contributed by atoms with Gasteiger partial charge in [-0.15, -0.1) is 0 Å². The van der Waals surface area contributed by atoms with Crippen LogP contribution in [0.3, 0.4) is 0 Å². The lowest BCUT2D eigenvalue weighted by molar-refractivity contribution is -0.126. The van der Waals surface area contributed by atoms with Crippen LogP contribution >= 0.6 is 15.9 Å². The van der Waals surface area contributed by atoms with Gasteiger partial charge in [0.15, 0.2) is 10.4 Å². The van der Waals surface area contributed by atoms with Crippen LogP contribution in [0, 0.1) is 5.92 Å². The van der Waals surface area contributed by atoms with Crippen LogP contribution in [0.15, 0.2) is 45.5 Å². The fourth-order valence-corrected chi connectivity index (χ4v) is 3.79. The lowest BCUT2D eigenvalue weighted by Crippen LogP contribution is -2.38. The second-order valence-electron chi connectivity index (χ2n) is 7.41. The Balaban J connectivity index is 1.36. The minimum atomic E-state index is -0.346. The number of rotatable bonds is 8. The standard InChI is InChI=1S/C22H26BrN3O4/c23-19-11-10-18(30-19)22(29)26-17-8-6-15(7-9-17)14-20(27)24-12-13-25-21(28)16-4-2-1-3-5-16/h6-11,16H,1-5,12-14H2,(H,24,27)(H,25,28)(H,26,29). The van der Waals surface area contributed by atoms with Gasteiger partial charge in [0.05, 0.1) is 6.42 Å². The Labute approximate surface area is 184 Å². The Morgan fingerprint density at radius 1 is 0.933 bits per heavy atom. The van der Waals surface area contributed by atoms with Crippen molar-refractivity contribution < 1.29 is 18.8 Å². The highest BCUT2D eigenvalue weighted by Crippen LogP contribution is 2.23. The predicted molar refractivity (Wildman–Crippen MR) is 117 cm³/mol. The molecule has 1 aliphatic carbocycles. The molecule has 3 amide bonds. The second kappa shape index (κ2) is 11.0. The SMILES string of the molecule is O=C(Cc1ccc(NC(=O)c2ccc(Br)o2)cc1)NCCNC(=O)C1CCCCC1. The maximum atomic E-state index is 12.1. The van der Waals surface area contributed by atoms with Crippen molar-refractivity contribution in [3.63, 3.8) is 0 Å². The van der Waals surface area contributed by atoms with E-state index in [1.807, 2.05) is 0 Å². The summed E-state index contributed by atoms with van der Waals surface area (Å²) in [6.45, 7) is 0.846. The molecule has 3 rings (SSSR count). The Bertz CT molecular complexity index is 873. The molecule has 0 saturated heterocycles. The molecule has 0 aliphatic heterocycles. The summed E-state index contributed by atoms with van der Waals surface area (Å²) < 4.78 is 5.70. The van der Waals surface area contributed by atoms with Crippen LogP contribution in [0.25, 0.3) is 0 Å². The highest BCUT2D eigenvalue weighted by atomic mass is 79.9. The first-order chi connectivity index (χ1) is 14.5. The molecule has 1 aromatic carbocycles. The highest BCUT2D eigenvalue weighted by Gasteiger charge is 2.20. The minimum absolute atomic E-state index is 0.100. The molecule has 3 N–H and O–H groups in total. The normalized spacial score (nSPS) is 14.2. The maximum absolute atomic E-state index is 12.1. The lowest BCUT2D eigenvalue weighted by Gasteiger charge is -2.20. The van der Waals surface area contributed by atoms with Crippen molar-refractivity contribution in [3.8, 4) is 0 Å². The van der Waals surface area contributed by atoms with Gasteiger partial charge in [0.1, 0.15) is 0 Å². The average molecular weight is 476 g/mol. The van der Waals surface area contributed by atoms with E-state index < -0.39 is 0 Å². The zero-order valence-electron chi connectivity index (χ0n) is 16.7. The molecule has 0 bridgehead atoms. The molecule has 0 atom stereocenters. The van der Waals surface area contributed by atoms with Gasteiger partial charge in [0, 0.05) is 24.7 Å². The maximum Gasteiger partial charge on any atom is 0.291 e. The van der Waals surface area contributed by atoms with E-state index >= 15 is 0 Å². The van der Waals surface area contributed by atoms with Gasteiger partial charge >= 0.3 is 0 Å². The van der Waals surface area contributed by atoms with Gasteiger partial charge in [-0.25, -0.2) is 0 Å².